The monoisotopic (exact) mass is 376 g/mol. The third kappa shape index (κ3) is 3.26. The molecule has 0 amide bonds. The van der Waals surface area contributed by atoms with Crippen LogP contribution in [0.2, 0.25) is 0 Å². The van der Waals surface area contributed by atoms with Gasteiger partial charge in [-0.25, -0.2) is 9.36 Å². The second kappa shape index (κ2) is 5.81. The Bertz CT molecular complexity index is 857. The molecule has 0 aliphatic heterocycles. The molecule has 0 aromatic carbocycles. The minimum absolute atomic E-state index is 0.102. The van der Waals surface area contributed by atoms with Crippen molar-refractivity contribution >= 4 is 0 Å². The van der Waals surface area contributed by atoms with Gasteiger partial charge in [0.15, 0.2) is 11.6 Å². The van der Waals surface area contributed by atoms with Gasteiger partial charge < -0.3 is 0 Å². The molecule has 0 aliphatic carbocycles. The third-order valence-corrected chi connectivity index (χ3v) is 3.31. The summed E-state index contributed by atoms with van der Waals surface area (Å²) < 4.78 is 79.2. The lowest BCUT2D eigenvalue weighted by molar-refractivity contribution is -0.143. The van der Waals surface area contributed by atoms with Gasteiger partial charge >= 0.3 is 12.4 Å². The topological polar surface area (TPSA) is 61.4 Å². The first kappa shape index (κ1) is 17.9. The Kier molecular flexibility index (Phi) is 4.00. The van der Waals surface area contributed by atoms with Gasteiger partial charge in [0, 0.05) is 0 Å². The van der Waals surface area contributed by atoms with Crippen LogP contribution in [0.4, 0.5) is 26.3 Å². The second-order valence-corrected chi connectivity index (χ2v) is 5.41. The first-order valence-electron chi connectivity index (χ1n) is 7.09. The minimum atomic E-state index is -4.68. The summed E-state index contributed by atoms with van der Waals surface area (Å²) in [5.74, 6) is -0.571. The Morgan fingerprint density at radius 3 is 1.31 bits per heavy atom. The lowest BCUT2D eigenvalue weighted by Gasteiger charge is -2.11. The van der Waals surface area contributed by atoms with E-state index in [2.05, 4.69) is 20.4 Å². The maximum atomic E-state index is 13.0. The molecule has 0 N–H and O–H groups in total. The molecule has 0 saturated carbocycles. The van der Waals surface area contributed by atoms with Crippen LogP contribution in [0.15, 0.2) is 24.3 Å². The molecule has 0 unspecified atom stereocenters. The summed E-state index contributed by atoms with van der Waals surface area (Å²) in [4.78, 5) is 0. The van der Waals surface area contributed by atoms with E-state index in [9.17, 15) is 26.3 Å². The Balaban J connectivity index is 2.04. The van der Waals surface area contributed by atoms with Crippen molar-refractivity contribution in [3.8, 4) is 11.6 Å². The first-order valence-corrected chi connectivity index (χ1v) is 7.09. The summed E-state index contributed by atoms with van der Waals surface area (Å²) in [6.07, 6.45) is -9.35. The number of rotatable bonds is 2. The van der Waals surface area contributed by atoms with Crippen LogP contribution in [0.3, 0.4) is 0 Å². The van der Waals surface area contributed by atoms with Crippen LogP contribution >= 0.6 is 0 Å². The fourth-order valence-electron chi connectivity index (χ4n) is 2.30. The van der Waals surface area contributed by atoms with Crippen LogP contribution in [0, 0.1) is 13.8 Å². The summed E-state index contributed by atoms with van der Waals surface area (Å²) in [6, 6.07) is 3.82. The van der Waals surface area contributed by atoms with Gasteiger partial charge in [-0.05, 0) is 38.1 Å². The largest absolute Gasteiger partial charge is 0.433 e. The molecule has 0 bridgehead atoms. The van der Waals surface area contributed by atoms with Gasteiger partial charge in [0.25, 0.3) is 0 Å². The summed E-state index contributed by atoms with van der Waals surface area (Å²) in [5.41, 5.74) is -1.93. The van der Waals surface area contributed by atoms with Crippen molar-refractivity contribution in [1.29, 1.82) is 0 Å². The summed E-state index contributed by atoms with van der Waals surface area (Å²) >= 11 is 0. The maximum absolute atomic E-state index is 13.0. The van der Waals surface area contributed by atoms with Crippen LogP contribution < -0.4 is 0 Å². The summed E-state index contributed by atoms with van der Waals surface area (Å²) in [6.45, 7) is 2.74. The number of hydrogen-bond donors (Lipinski definition) is 0. The first-order chi connectivity index (χ1) is 12.0. The van der Waals surface area contributed by atoms with E-state index in [1.807, 2.05) is 0 Å². The van der Waals surface area contributed by atoms with Crippen molar-refractivity contribution in [2.24, 2.45) is 0 Å². The lowest BCUT2D eigenvalue weighted by Crippen LogP contribution is -2.17. The highest BCUT2D eigenvalue weighted by molar-refractivity contribution is 5.32. The molecule has 0 aliphatic rings. The molecule has 0 saturated heterocycles. The van der Waals surface area contributed by atoms with E-state index < -0.39 is 23.7 Å². The number of hydrogen-bond acceptors (Lipinski definition) is 4. The number of aromatic nitrogens is 6. The highest BCUT2D eigenvalue weighted by Crippen LogP contribution is 2.32. The molecule has 138 valence electrons. The predicted octanol–water partition coefficient (Wildman–Crippen LogP) is 3.50. The van der Waals surface area contributed by atoms with Gasteiger partial charge in [0.2, 0.25) is 0 Å². The van der Waals surface area contributed by atoms with Crippen molar-refractivity contribution in [1.82, 2.24) is 29.8 Å². The summed E-state index contributed by atoms with van der Waals surface area (Å²) in [7, 11) is 0. The molecule has 0 fully saturated rings. The van der Waals surface area contributed by atoms with Crippen LogP contribution in [0.1, 0.15) is 22.8 Å². The second-order valence-electron chi connectivity index (χ2n) is 5.41. The molecule has 12 heteroatoms. The highest BCUT2D eigenvalue weighted by atomic mass is 19.4. The molecule has 3 aromatic rings. The van der Waals surface area contributed by atoms with Crippen LogP contribution in [0.5, 0.6) is 0 Å². The third-order valence-electron chi connectivity index (χ3n) is 3.31. The minimum Gasteiger partial charge on any atom is -0.208 e. The molecule has 26 heavy (non-hydrogen) atoms. The number of nitrogens with zero attached hydrogens (tertiary/aromatic N) is 6. The number of halogens is 6. The van der Waals surface area contributed by atoms with Gasteiger partial charge in [-0.2, -0.15) is 36.5 Å². The Labute approximate surface area is 142 Å². The molecule has 6 nitrogen and oxygen atoms in total. The van der Waals surface area contributed by atoms with E-state index in [1.54, 1.807) is 0 Å². The van der Waals surface area contributed by atoms with E-state index in [-0.39, 0.29) is 23.0 Å². The van der Waals surface area contributed by atoms with Gasteiger partial charge in [-0.1, -0.05) is 0 Å². The van der Waals surface area contributed by atoms with Gasteiger partial charge in [0.05, 0.1) is 11.4 Å². The average molecular weight is 376 g/mol. The normalized spacial score (nSPS) is 12.6. The molecule has 3 rings (SSSR count). The van der Waals surface area contributed by atoms with Gasteiger partial charge in [0.1, 0.15) is 11.4 Å². The smallest absolute Gasteiger partial charge is 0.208 e. The summed E-state index contributed by atoms with van der Waals surface area (Å²) in [5, 5.41) is 14.5. The molecule has 3 heterocycles. The van der Waals surface area contributed by atoms with E-state index in [1.165, 1.54) is 13.8 Å². The average Bonchev–Trinajstić information content (AvgIpc) is 3.10. The maximum Gasteiger partial charge on any atom is 0.433 e. The molecule has 3 aromatic heterocycles. The zero-order valence-corrected chi connectivity index (χ0v) is 13.3. The van der Waals surface area contributed by atoms with E-state index in [4.69, 9.17) is 0 Å². The standard InChI is InChI=1S/C14H10F6N6/c1-7-5-9(13(15,16)17)25(23-7)11-3-4-12(22-21-11)26-10(14(18,19)20)6-8(2)24-26/h3-6H,1-2H3. The van der Waals surface area contributed by atoms with Crippen LogP contribution in [-0.4, -0.2) is 29.8 Å². The van der Waals surface area contributed by atoms with E-state index in [0.29, 0.717) is 9.36 Å². The van der Waals surface area contributed by atoms with Crippen molar-refractivity contribution < 1.29 is 26.3 Å². The van der Waals surface area contributed by atoms with Crippen molar-refractivity contribution in [3.05, 3.63) is 47.0 Å². The molecule has 0 spiro atoms. The molecule has 0 radical (unpaired) electrons. The fraction of sp³-hybridized carbons (Fsp3) is 0.286. The lowest BCUT2D eigenvalue weighted by atomic mass is 10.3. The number of alkyl halides is 6. The van der Waals surface area contributed by atoms with Crippen LogP contribution in [-0.2, 0) is 12.4 Å². The van der Waals surface area contributed by atoms with Crippen molar-refractivity contribution in [2.75, 3.05) is 0 Å². The Morgan fingerprint density at radius 1 is 0.692 bits per heavy atom. The Hall–Kier alpha value is -2.92. The predicted molar refractivity (Wildman–Crippen MR) is 75.8 cm³/mol. The highest BCUT2D eigenvalue weighted by Gasteiger charge is 2.37. The van der Waals surface area contributed by atoms with Gasteiger partial charge in [-0.3, -0.25) is 0 Å². The van der Waals surface area contributed by atoms with E-state index >= 15 is 0 Å². The van der Waals surface area contributed by atoms with E-state index in [0.717, 1.165) is 24.3 Å². The molecular weight excluding hydrogens is 366 g/mol. The SMILES string of the molecule is Cc1cc(C(F)(F)F)n(-c2ccc(-n3nc(C)cc3C(F)(F)F)nn2)n1. The molecule has 0 atom stereocenters. The van der Waals surface area contributed by atoms with Gasteiger partial charge in [-0.15, -0.1) is 10.2 Å². The fourth-order valence-corrected chi connectivity index (χ4v) is 2.30. The quantitative estimate of drug-likeness (QED) is 0.643. The van der Waals surface area contributed by atoms with Crippen LogP contribution in [0.25, 0.3) is 11.6 Å². The number of aryl methyl sites for hydroxylation is 2. The molecular formula is C14H10F6N6. The zero-order chi connectivity index (χ0) is 19.3. The zero-order valence-electron chi connectivity index (χ0n) is 13.3. The van der Waals surface area contributed by atoms with Crippen molar-refractivity contribution in [3.63, 3.8) is 0 Å². The Morgan fingerprint density at radius 2 is 1.04 bits per heavy atom. The van der Waals surface area contributed by atoms with Crippen molar-refractivity contribution in [2.45, 2.75) is 26.2 Å².